The number of amides is 4. The van der Waals surface area contributed by atoms with Gasteiger partial charge < -0.3 is 15.0 Å². The van der Waals surface area contributed by atoms with Gasteiger partial charge in [0.25, 0.3) is 11.8 Å². The second kappa shape index (κ2) is 8.88. The molecule has 0 saturated carbocycles. The number of carbonyl (C=O) groups is 3. The Bertz CT molecular complexity index is 1580. The van der Waals surface area contributed by atoms with Gasteiger partial charge in [-0.2, -0.15) is 5.10 Å². The lowest BCUT2D eigenvalue weighted by molar-refractivity contribution is -0.124. The van der Waals surface area contributed by atoms with Gasteiger partial charge in [-0.3, -0.25) is 14.9 Å². The number of carbonyl (C=O) groups excluding carboxylic acids is 3. The number of aromatic nitrogens is 2. The van der Waals surface area contributed by atoms with E-state index in [-0.39, 0.29) is 12.5 Å². The van der Waals surface area contributed by atoms with Crippen molar-refractivity contribution < 1.29 is 19.1 Å². The fourth-order valence-electron chi connectivity index (χ4n) is 5.24. The van der Waals surface area contributed by atoms with Gasteiger partial charge in [0.2, 0.25) is 0 Å². The van der Waals surface area contributed by atoms with Crippen LogP contribution in [-0.2, 0) is 16.9 Å². The Kier molecular flexibility index (Phi) is 5.48. The third-order valence-corrected chi connectivity index (χ3v) is 7.26. The molecule has 2 aliphatic heterocycles. The lowest BCUT2D eigenvalue weighted by Crippen LogP contribution is -2.52. The van der Waals surface area contributed by atoms with E-state index in [1.54, 1.807) is 24.1 Å². The number of hydrogen-bond acceptors (Lipinski definition) is 5. The summed E-state index contributed by atoms with van der Waals surface area (Å²) in [6.07, 6.45) is 1.81. The number of para-hydroxylation sites is 1. The summed E-state index contributed by atoms with van der Waals surface area (Å²) in [6.45, 7) is 2.32. The van der Waals surface area contributed by atoms with Crippen LogP contribution in [0.5, 0.6) is 5.75 Å². The molecule has 2 aliphatic rings. The predicted octanol–water partition coefficient (Wildman–Crippen LogP) is 3.55. The van der Waals surface area contributed by atoms with E-state index in [1.165, 1.54) is 0 Å². The van der Waals surface area contributed by atoms with Crippen LogP contribution in [-0.4, -0.2) is 46.2 Å². The Balaban J connectivity index is 1.31. The molecule has 1 fully saturated rings. The quantitative estimate of drug-likeness (QED) is 0.389. The smallest absolute Gasteiger partial charge is 0.322 e. The van der Waals surface area contributed by atoms with Crippen molar-refractivity contribution in [1.82, 2.24) is 25.3 Å². The number of nitrogens with zero attached hydrogens (tertiary/aromatic N) is 3. The number of fused-ring (bicyclic) bond motifs is 1. The van der Waals surface area contributed by atoms with Crippen molar-refractivity contribution >= 4 is 17.8 Å². The molecule has 9 nitrogen and oxygen atoms in total. The average molecular weight is 508 g/mol. The summed E-state index contributed by atoms with van der Waals surface area (Å²) in [5, 5.41) is 9.69. The highest BCUT2D eigenvalue weighted by molar-refractivity contribution is 6.08. The standard InChI is InChI=1S/C29H25N5O4/c1-18-25(15-30-34(18)22-6-4-3-5-7-22)19-8-11-21(12-9-19)29(27(36)31-28(37)32-29)17-33-16-20-10-13-23(38-2)14-24(20)26(33)35/h3-15H,16-17H2,1-2H3,(H2,31,32,36,37)/t29-/m0/s1. The Labute approximate surface area is 219 Å². The monoisotopic (exact) mass is 507 g/mol. The Hall–Kier alpha value is -4.92. The van der Waals surface area contributed by atoms with Crippen molar-refractivity contribution in [3.63, 3.8) is 0 Å². The van der Waals surface area contributed by atoms with Crippen molar-refractivity contribution in [2.75, 3.05) is 13.7 Å². The summed E-state index contributed by atoms with van der Waals surface area (Å²) in [4.78, 5) is 40.3. The first-order chi connectivity index (χ1) is 18.4. The van der Waals surface area contributed by atoms with Crippen LogP contribution >= 0.6 is 0 Å². The van der Waals surface area contributed by atoms with Gasteiger partial charge in [-0.1, -0.05) is 48.5 Å². The molecule has 9 heteroatoms. The van der Waals surface area contributed by atoms with E-state index in [0.29, 0.717) is 23.4 Å². The zero-order chi connectivity index (χ0) is 26.4. The minimum Gasteiger partial charge on any atom is -0.497 e. The highest BCUT2D eigenvalue weighted by atomic mass is 16.5. The largest absolute Gasteiger partial charge is 0.497 e. The second-order valence-corrected chi connectivity index (χ2v) is 9.47. The van der Waals surface area contributed by atoms with Gasteiger partial charge in [0.15, 0.2) is 5.54 Å². The Morgan fingerprint density at radius 2 is 1.74 bits per heavy atom. The second-order valence-electron chi connectivity index (χ2n) is 9.47. The van der Waals surface area contributed by atoms with Crippen molar-refractivity contribution in [1.29, 1.82) is 0 Å². The maximum absolute atomic E-state index is 13.2. The van der Waals surface area contributed by atoms with Crippen LogP contribution in [0.4, 0.5) is 4.79 Å². The molecule has 0 aliphatic carbocycles. The maximum atomic E-state index is 13.2. The first-order valence-electron chi connectivity index (χ1n) is 12.2. The van der Waals surface area contributed by atoms with Crippen LogP contribution in [0.25, 0.3) is 16.8 Å². The predicted molar refractivity (Wildman–Crippen MR) is 140 cm³/mol. The molecular weight excluding hydrogens is 482 g/mol. The third-order valence-electron chi connectivity index (χ3n) is 7.26. The first-order valence-corrected chi connectivity index (χ1v) is 12.2. The number of benzene rings is 3. The van der Waals surface area contributed by atoms with E-state index in [2.05, 4.69) is 15.7 Å². The average Bonchev–Trinajstić information content (AvgIpc) is 3.57. The minimum atomic E-state index is -1.42. The highest BCUT2D eigenvalue weighted by Crippen LogP contribution is 2.34. The molecule has 1 saturated heterocycles. The third kappa shape index (κ3) is 3.71. The zero-order valence-corrected chi connectivity index (χ0v) is 20.9. The van der Waals surface area contributed by atoms with Crippen molar-refractivity contribution in [2.45, 2.75) is 19.0 Å². The summed E-state index contributed by atoms with van der Waals surface area (Å²) in [5.41, 5.74) is 4.35. The molecule has 2 N–H and O–H groups in total. The molecule has 0 spiro atoms. The number of urea groups is 1. The highest BCUT2D eigenvalue weighted by Gasteiger charge is 2.50. The number of imide groups is 1. The summed E-state index contributed by atoms with van der Waals surface area (Å²) in [7, 11) is 1.55. The lowest BCUT2D eigenvalue weighted by atomic mass is 9.88. The van der Waals surface area contributed by atoms with Crippen molar-refractivity contribution in [3.05, 3.63) is 101 Å². The van der Waals surface area contributed by atoms with E-state index >= 15 is 0 Å². The lowest BCUT2D eigenvalue weighted by Gasteiger charge is -2.31. The maximum Gasteiger partial charge on any atom is 0.322 e. The molecule has 0 bridgehead atoms. The summed E-state index contributed by atoms with van der Waals surface area (Å²) >= 11 is 0. The molecule has 38 heavy (non-hydrogen) atoms. The minimum absolute atomic E-state index is 0.00921. The number of rotatable bonds is 6. The molecule has 4 amide bonds. The molecule has 3 heterocycles. The summed E-state index contributed by atoms with van der Waals surface area (Å²) in [5.74, 6) is -0.125. The number of hydrogen-bond donors (Lipinski definition) is 2. The van der Waals surface area contributed by atoms with E-state index in [1.807, 2.05) is 78.5 Å². The summed E-state index contributed by atoms with van der Waals surface area (Å²) < 4.78 is 7.14. The van der Waals surface area contributed by atoms with Crippen LogP contribution in [0.15, 0.2) is 79.0 Å². The van der Waals surface area contributed by atoms with Crippen LogP contribution < -0.4 is 15.4 Å². The van der Waals surface area contributed by atoms with Gasteiger partial charge in [0.05, 0.1) is 25.5 Å². The number of nitrogens with one attached hydrogen (secondary N) is 2. The van der Waals surface area contributed by atoms with Gasteiger partial charge >= 0.3 is 6.03 Å². The normalized spacial score (nSPS) is 18.4. The molecule has 3 aromatic carbocycles. The van der Waals surface area contributed by atoms with Crippen LogP contribution in [0, 0.1) is 6.92 Å². The molecular formula is C29H25N5O4. The zero-order valence-electron chi connectivity index (χ0n) is 20.9. The molecule has 1 aromatic heterocycles. The van der Waals surface area contributed by atoms with Gasteiger partial charge in [0.1, 0.15) is 5.75 Å². The van der Waals surface area contributed by atoms with Crippen LogP contribution in [0.1, 0.15) is 27.2 Å². The molecule has 190 valence electrons. The molecule has 4 aromatic rings. The first kappa shape index (κ1) is 23.5. The van der Waals surface area contributed by atoms with Crippen LogP contribution in [0.3, 0.4) is 0 Å². The fourth-order valence-corrected chi connectivity index (χ4v) is 5.24. The Morgan fingerprint density at radius 1 is 0.974 bits per heavy atom. The van der Waals surface area contributed by atoms with Crippen molar-refractivity contribution in [2.24, 2.45) is 0 Å². The molecule has 6 rings (SSSR count). The van der Waals surface area contributed by atoms with Gasteiger partial charge in [-0.25, -0.2) is 9.48 Å². The number of methoxy groups -OCH3 is 1. The van der Waals surface area contributed by atoms with Crippen LogP contribution in [0.2, 0.25) is 0 Å². The fraction of sp³-hybridized carbons (Fsp3) is 0.172. The molecule has 1 atom stereocenters. The SMILES string of the molecule is COc1ccc2c(c1)C(=O)N(C[C@@]1(c3ccc(-c4cnn(-c5ccccc5)c4C)cc3)NC(=O)NC1=O)C2. The summed E-state index contributed by atoms with van der Waals surface area (Å²) in [6, 6.07) is 22.1. The molecule has 0 radical (unpaired) electrons. The van der Waals surface area contributed by atoms with E-state index in [0.717, 1.165) is 28.1 Å². The molecule has 0 unspecified atom stereocenters. The Morgan fingerprint density at radius 3 is 2.42 bits per heavy atom. The number of ether oxygens (including phenoxy) is 1. The van der Waals surface area contributed by atoms with Crippen molar-refractivity contribution in [3.8, 4) is 22.6 Å². The van der Waals surface area contributed by atoms with E-state index in [4.69, 9.17) is 4.74 Å². The van der Waals surface area contributed by atoms with Gasteiger partial charge in [-0.15, -0.1) is 0 Å². The van der Waals surface area contributed by atoms with Gasteiger partial charge in [0, 0.05) is 23.4 Å². The van der Waals surface area contributed by atoms with Gasteiger partial charge in [-0.05, 0) is 47.9 Å². The topological polar surface area (TPSA) is 106 Å². The van der Waals surface area contributed by atoms with E-state index in [9.17, 15) is 14.4 Å². The van der Waals surface area contributed by atoms with E-state index < -0.39 is 17.5 Å².